The summed E-state index contributed by atoms with van der Waals surface area (Å²) in [6, 6.07) is 37.5. The summed E-state index contributed by atoms with van der Waals surface area (Å²) in [5, 5.41) is -0.167. The fourth-order valence-corrected chi connectivity index (χ4v) is 5.46. The summed E-state index contributed by atoms with van der Waals surface area (Å²) < 4.78 is 0. The van der Waals surface area contributed by atoms with Crippen LogP contribution in [0.2, 0.25) is 0 Å². The number of carbonyl (C=O) groups is 8. The van der Waals surface area contributed by atoms with E-state index in [-0.39, 0.29) is 23.1 Å². The zero-order valence-electron chi connectivity index (χ0n) is 31.5. The molecule has 0 heterocycles. The van der Waals surface area contributed by atoms with Gasteiger partial charge < -0.3 is 0 Å². The first-order valence-corrected chi connectivity index (χ1v) is 18.7. The molecule has 0 bridgehead atoms. The molecular weight excluding hydrogens is 822 g/mol. The Hall–Kier alpha value is -5.90. The van der Waals surface area contributed by atoms with Crippen LogP contribution in [0, 0.1) is 0 Å². The number of carbonyl (C=O) groups excluding carboxylic acids is 8. The fourth-order valence-electron chi connectivity index (χ4n) is 4.97. The topological polar surface area (TPSA) is 137 Å². The standard InChI is InChI=1S/C15H11ClO2.C13H9ClO2.2C9H7ClO2/c1-10(17)11-2-4-12(5-3-11)13-6-8-14(9-7-13)15(16)18;1-8(15)9-2-3-11-7-12(13(14)16)5-4-10(11)6-9;1-6(11)7-2-4-8(5-3-7)9(10)12;1-6(11)7-3-2-4-8(5-7)9(10)12/h2-9H,1H3;2-7H,1H3;2*2-5H,1H3. The Morgan fingerprint density at radius 2 is 0.552 bits per heavy atom. The lowest BCUT2D eigenvalue weighted by molar-refractivity contribution is 0.100. The van der Waals surface area contributed by atoms with E-state index in [1.807, 2.05) is 30.3 Å². The van der Waals surface area contributed by atoms with Crippen molar-refractivity contribution in [2.24, 2.45) is 0 Å². The molecule has 0 aliphatic rings. The predicted molar refractivity (Wildman–Crippen MR) is 229 cm³/mol. The molecule has 0 aliphatic heterocycles. The quantitative estimate of drug-likeness (QED) is 0.104. The van der Waals surface area contributed by atoms with Crippen LogP contribution in [-0.4, -0.2) is 44.1 Å². The lowest BCUT2D eigenvalue weighted by atomic mass is 10.0. The highest BCUT2D eigenvalue weighted by Gasteiger charge is 2.07. The number of hydrogen-bond donors (Lipinski definition) is 0. The minimum absolute atomic E-state index is 0.0245. The predicted octanol–water partition coefficient (Wildman–Crippen LogP) is 11.9. The second-order valence-electron chi connectivity index (χ2n) is 12.4. The maximum absolute atomic E-state index is 11.2. The Kier molecular flexibility index (Phi) is 17.7. The molecule has 6 rings (SSSR count). The summed E-state index contributed by atoms with van der Waals surface area (Å²) in [5.41, 5.74) is 6.10. The summed E-state index contributed by atoms with van der Waals surface area (Å²) in [6.07, 6.45) is 0. The van der Waals surface area contributed by atoms with Crippen LogP contribution in [0.4, 0.5) is 0 Å². The van der Waals surface area contributed by atoms with Crippen molar-refractivity contribution >= 4 is 101 Å². The highest BCUT2D eigenvalue weighted by Crippen LogP contribution is 2.22. The van der Waals surface area contributed by atoms with E-state index in [4.69, 9.17) is 46.4 Å². The SMILES string of the molecule is CC(=O)c1ccc(-c2ccc(C(=O)Cl)cc2)cc1.CC(=O)c1ccc(C(=O)Cl)cc1.CC(=O)c1ccc2cc(C(=O)Cl)ccc2c1.CC(=O)c1cccc(C(=O)Cl)c1. The van der Waals surface area contributed by atoms with Gasteiger partial charge in [-0.05, 0) is 145 Å². The van der Waals surface area contributed by atoms with Crippen LogP contribution in [0.1, 0.15) is 111 Å². The Bertz CT molecular complexity index is 2340. The molecule has 0 saturated carbocycles. The average molecular weight is 857 g/mol. The van der Waals surface area contributed by atoms with Gasteiger partial charge in [-0.1, -0.05) is 84.9 Å². The average Bonchev–Trinajstić information content (AvgIpc) is 3.21. The molecule has 0 amide bonds. The Morgan fingerprint density at radius 1 is 0.293 bits per heavy atom. The first-order chi connectivity index (χ1) is 27.4. The molecule has 8 nitrogen and oxygen atoms in total. The molecular formula is C46H34Cl4O8. The van der Waals surface area contributed by atoms with Gasteiger partial charge in [-0.3, -0.25) is 38.4 Å². The van der Waals surface area contributed by atoms with Crippen LogP contribution >= 0.6 is 46.4 Å². The molecule has 0 aliphatic carbocycles. The molecule has 58 heavy (non-hydrogen) atoms. The summed E-state index contributed by atoms with van der Waals surface area (Å²) >= 11 is 21.2. The number of halogens is 4. The Labute approximate surface area is 354 Å². The smallest absolute Gasteiger partial charge is 0.252 e. The van der Waals surface area contributed by atoms with Gasteiger partial charge in [0.15, 0.2) is 23.1 Å². The molecule has 0 spiro atoms. The van der Waals surface area contributed by atoms with E-state index in [9.17, 15) is 38.4 Å². The van der Waals surface area contributed by atoms with Gasteiger partial charge >= 0.3 is 0 Å². The zero-order valence-corrected chi connectivity index (χ0v) is 34.5. The molecule has 0 saturated heterocycles. The number of rotatable bonds is 9. The monoisotopic (exact) mass is 854 g/mol. The molecule has 0 unspecified atom stereocenters. The normalized spacial score (nSPS) is 9.93. The van der Waals surface area contributed by atoms with Crippen LogP contribution in [0.25, 0.3) is 21.9 Å². The Morgan fingerprint density at radius 3 is 0.931 bits per heavy atom. The fraction of sp³-hybridized carbons (Fsp3) is 0.0870. The number of benzene rings is 6. The largest absolute Gasteiger partial charge is 0.295 e. The number of fused-ring (bicyclic) bond motifs is 1. The molecule has 6 aromatic carbocycles. The van der Waals surface area contributed by atoms with E-state index < -0.39 is 21.0 Å². The number of hydrogen-bond acceptors (Lipinski definition) is 8. The Balaban J connectivity index is 0.000000210. The van der Waals surface area contributed by atoms with Gasteiger partial charge in [0.25, 0.3) is 21.0 Å². The van der Waals surface area contributed by atoms with Crippen LogP contribution in [0.15, 0.2) is 133 Å². The van der Waals surface area contributed by atoms with Crippen molar-refractivity contribution in [1.82, 2.24) is 0 Å². The zero-order chi connectivity index (χ0) is 43.1. The van der Waals surface area contributed by atoms with Gasteiger partial charge in [-0.25, -0.2) is 0 Å². The van der Waals surface area contributed by atoms with Gasteiger partial charge in [0, 0.05) is 44.5 Å². The van der Waals surface area contributed by atoms with E-state index in [2.05, 4.69) is 0 Å². The summed E-state index contributed by atoms with van der Waals surface area (Å²) in [7, 11) is 0. The van der Waals surface area contributed by atoms with Gasteiger partial charge in [0.1, 0.15) is 0 Å². The number of ketones is 4. The van der Waals surface area contributed by atoms with Gasteiger partial charge in [-0.2, -0.15) is 0 Å². The third-order valence-corrected chi connectivity index (χ3v) is 9.10. The lowest BCUT2D eigenvalue weighted by Crippen LogP contribution is -1.95. The van der Waals surface area contributed by atoms with Crippen LogP contribution in [-0.2, 0) is 0 Å². The minimum Gasteiger partial charge on any atom is -0.295 e. The van der Waals surface area contributed by atoms with Crippen molar-refractivity contribution in [3.8, 4) is 11.1 Å². The van der Waals surface area contributed by atoms with E-state index in [0.717, 1.165) is 21.9 Å². The van der Waals surface area contributed by atoms with Gasteiger partial charge in [-0.15, -0.1) is 0 Å². The molecule has 0 aromatic heterocycles. The van der Waals surface area contributed by atoms with Crippen molar-refractivity contribution in [2.45, 2.75) is 27.7 Å². The first-order valence-electron chi connectivity index (χ1n) is 17.2. The summed E-state index contributed by atoms with van der Waals surface area (Å²) in [5.74, 6) is -0.0256. The summed E-state index contributed by atoms with van der Waals surface area (Å²) in [4.78, 5) is 87.2. The van der Waals surface area contributed by atoms with Crippen LogP contribution in [0.5, 0.6) is 0 Å². The minimum atomic E-state index is -0.543. The molecule has 6 aromatic rings. The molecule has 0 radical (unpaired) electrons. The molecule has 12 heteroatoms. The van der Waals surface area contributed by atoms with Crippen LogP contribution in [0.3, 0.4) is 0 Å². The van der Waals surface area contributed by atoms with Gasteiger partial charge in [0.05, 0.1) is 0 Å². The highest BCUT2D eigenvalue weighted by molar-refractivity contribution is 6.68. The van der Waals surface area contributed by atoms with Crippen molar-refractivity contribution in [3.05, 3.63) is 178 Å². The second kappa shape index (κ2) is 22.1. The molecule has 0 atom stereocenters. The van der Waals surface area contributed by atoms with E-state index in [0.29, 0.717) is 44.5 Å². The summed E-state index contributed by atoms with van der Waals surface area (Å²) in [6.45, 7) is 5.98. The van der Waals surface area contributed by atoms with Crippen molar-refractivity contribution in [3.63, 3.8) is 0 Å². The van der Waals surface area contributed by atoms with Crippen molar-refractivity contribution in [2.75, 3.05) is 0 Å². The maximum atomic E-state index is 11.2. The van der Waals surface area contributed by atoms with Crippen molar-refractivity contribution < 1.29 is 38.4 Å². The van der Waals surface area contributed by atoms with E-state index >= 15 is 0 Å². The van der Waals surface area contributed by atoms with E-state index in [1.54, 1.807) is 84.9 Å². The molecule has 0 fully saturated rings. The van der Waals surface area contributed by atoms with E-state index in [1.165, 1.54) is 45.9 Å². The maximum Gasteiger partial charge on any atom is 0.252 e. The second-order valence-corrected chi connectivity index (χ2v) is 13.8. The molecule has 0 N–H and O–H groups in total. The van der Waals surface area contributed by atoms with Crippen LogP contribution < -0.4 is 0 Å². The lowest BCUT2D eigenvalue weighted by Gasteiger charge is -2.03. The van der Waals surface area contributed by atoms with Gasteiger partial charge in [0.2, 0.25) is 0 Å². The third-order valence-electron chi connectivity index (χ3n) is 8.22. The number of Topliss-reactive ketones (excluding diaryl/α,β-unsaturated/α-hetero) is 4. The highest BCUT2D eigenvalue weighted by atomic mass is 35.5. The third kappa shape index (κ3) is 14.2. The van der Waals surface area contributed by atoms with Crippen molar-refractivity contribution in [1.29, 1.82) is 0 Å². The molecule has 294 valence electrons. The first kappa shape index (κ1) is 46.5.